The van der Waals surface area contributed by atoms with Gasteiger partial charge in [0.15, 0.2) is 5.16 Å². The van der Waals surface area contributed by atoms with Gasteiger partial charge in [-0.05, 0) is 44.4 Å². The first-order valence-corrected chi connectivity index (χ1v) is 11.9. The van der Waals surface area contributed by atoms with Gasteiger partial charge >= 0.3 is 0 Å². The molecule has 31 heavy (non-hydrogen) atoms. The Morgan fingerprint density at radius 1 is 1.03 bits per heavy atom. The third-order valence-electron chi connectivity index (χ3n) is 5.32. The number of rotatable bonds is 9. The predicted molar refractivity (Wildman–Crippen MR) is 128 cm³/mol. The summed E-state index contributed by atoms with van der Waals surface area (Å²) < 4.78 is 0. The molecule has 2 aromatic carbocycles. The number of hydrogen-bond acceptors (Lipinski definition) is 5. The summed E-state index contributed by atoms with van der Waals surface area (Å²) in [5, 5.41) is 3.80. The van der Waals surface area contributed by atoms with Crippen LogP contribution in [0.15, 0.2) is 65.8 Å². The molecule has 1 aromatic heterocycles. The zero-order chi connectivity index (χ0) is 21.6. The fourth-order valence-corrected chi connectivity index (χ4v) is 4.19. The lowest BCUT2D eigenvalue weighted by Gasteiger charge is -2.21. The quantitative estimate of drug-likeness (QED) is 0.373. The number of aromatic nitrogens is 2. The molecule has 1 aliphatic rings. The van der Waals surface area contributed by atoms with Crippen LogP contribution in [0.4, 0.5) is 5.82 Å². The Morgan fingerprint density at radius 2 is 1.81 bits per heavy atom. The van der Waals surface area contributed by atoms with E-state index in [1.54, 1.807) is 11.8 Å². The van der Waals surface area contributed by atoms with Gasteiger partial charge in [-0.25, -0.2) is 9.97 Å². The SMILES string of the molecule is CCN(CC)c1cc(-c2ccccc2)nc(SCc2cccc(C(=O)NC3CC3)c2)n1. The zero-order valence-electron chi connectivity index (χ0n) is 18.0. The van der Waals surface area contributed by atoms with Crippen LogP contribution in [-0.2, 0) is 5.75 Å². The number of nitrogens with one attached hydrogen (secondary N) is 1. The number of anilines is 1. The molecule has 4 rings (SSSR count). The largest absolute Gasteiger partial charge is 0.357 e. The summed E-state index contributed by atoms with van der Waals surface area (Å²) in [6.45, 7) is 6.06. The van der Waals surface area contributed by atoms with E-state index in [9.17, 15) is 4.79 Å². The van der Waals surface area contributed by atoms with Crippen LogP contribution in [0.1, 0.15) is 42.6 Å². The van der Waals surface area contributed by atoms with Gasteiger partial charge in [0.05, 0.1) is 5.69 Å². The normalized spacial score (nSPS) is 13.1. The van der Waals surface area contributed by atoms with E-state index in [-0.39, 0.29) is 5.91 Å². The minimum absolute atomic E-state index is 0.0143. The number of carbonyl (C=O) groups excluding carboxylic acids is 1. The van der Waals surface area contributed by atoms with Crippen LogP contribution in [0, 0.1) is 0 Å². The highest BCUT2D eigenvalue weighted by atomic mass is 32.2. The van der Waals surface area contributed by atoms with Gasteiger partial charge in [-0.1, -0.05) is 54.2 Å². The first-order valence-electron chi connectivity index (χ1n) is 10.9. The van der Waals surface area contributed by atoms with E-state index >= 15 is 0 Å². The van der Waals surface area contributed by atoms with Crippen LogP contribution in [0.2, 0.25) is 0 Å². The van der Waals surface area contributed by atoms with Crippen molar-refractivity contribution in [2.75, 3.05) is 18.0 Å². The Labute approximate surface area is 188 Å². The van der Waals surface area contributed by atoms with Crippen LogP contribution < -0.4 is 10.2 Å². The van der Waals surface area contributed by atoms with Gasteiger partial charge < -0.3 is 10.2 Å². The molecular weight excluding hydrogens is 404 g/mol. The molecule has 1 fully saturated rings. The lowest BCUT2D eigenvalue weighted by Crippen LogP contribution is -2.25. The average Bonchev–Trinajstić information content (AvgIpc) is 3.63. The van der Waals surface area contributed by atoms with Crippen LogP contribution in [0.3, 0.4) is 0 Å². The molecule has 0 radical (unpaired) electrons. The molecule has 0 bridgehead atoms. The van der Waals surface area contributed by atoms with Gasteiger partial charge in [-0.15, -0.1) is 0 Å². The molecule has 1 saturated carbocycles. The Hall–Kier alpha value is -2.86. The van der Waals surface area contributed by atoms with Gasteiger partial charge in [-0.3, -0.25) is 4.79 Å². The second-order valence-electron chi connectivity index (χ2n) is 7.67. The van der Waals surface area contributed by atoms with Gasteiger partial charge in [0.1, 0.15) is 5.82 Å². The highest BCUT2D eigenvalue weighted by molar-refractivity contribution is 7.98. The highest BCUT2D eigenvalue weighted by Gasteiger charge is 2.23. The van der Waals surface area contributed by atoms with Gasteiger partial charge in [0, 0.05) is 42.1 Å². The van der Waals surface area contributed by atoms with Crippen molar-refractivity contribution in [1.82, 2.24) is 15.3 Å². The molecule has 1 heterocycles. The van der Waals surface area contributed by atoms with Crippen LogP contribution in [0.25, 0.3) is 11.3 Å². The molecule has 6 heteroatoms. The number of thioether (sulfide) groups is 1. The molecule has 0 unspecified atom stereocenters. The van der Waals surface area contributed by atoms with Crippen molar-refractivity contribution >= 4 is 23.5 Å². The molecule has 1 N–H and O–H groups in total. The monoisotopic (exact) mass is 432 g/mol. The minimum Gasteiger partial charge on any atom is -0.357 e. The smallest absolute Gasteiger partial charge is 0.251 e. The Balaban J connectivity index is 1.54. The van der Waals surface area contributed by atoms with Crippen molar-refractivity contribution in [3.05, 3.63) is 71.8 Å². The van der Waals surface area contributed by atoms with Crippen LogP contribution in [0.5, 0.6) is 0 Å². The molecular formula is C25H28N4OS. The Morgan fingerprint density at radius 3 is 2.52 bits per heavy atom. The minimum atomic E-state index is 0.0143. The van der Waals surface area contributed by atoms with E-state index in [0.717, 1.165) is 53.7 Å². The molecule has 0 spiro atoms. The summed E-state index contributed by atoms with van der Waals surface area (Å²) in [5.41, 5.74) is 3.82. The number of nitrogens with zero attached hydrogens (tertiary/aromatic N) is 3. The number of hydrogen-bond donors (Lipinski definition) is 1. The van der Waals surface area contributed by atoms with E-state index in [4.69, 9.17) is 9.97 Å². The lowest BCUT2D eigenvalue weighted by molar-refractivity contribution is 0.0951. The van der Waals surface area contributed by atoms with E-state index < -0.39 is 0 Å². The molecule has 160 valence electrons. The summed E-state index contributed by atoms with van der Waals surface area (Å²) in [5.74, 6) is 1.67. The summed E-state index contributed by atoms with van der Waals surface area (Å²) in [6.07, 6.45) is 2.18. The molecule has 0 atom stereocenters. The molecule has 3 aromatic rings. The van der Waals surface area contributed by atoms with Crippen molar-refractivity contribution in [2.24, 2.45) is 0 Å². The third-order valence-corrected chi connectivity index (χ3v) is 6.24. The molecule has 0 saturated heterocycles. The first kappa shape index (κ1) is 21.4. The Kier molecular flexibility index (Phi) is 6.87. The summed E-state index contributed by atoms with van der Waals surface area (Å²) in [6, 6.07) is 20.5. The topological polar surface area (TPSA) is 58.1 Å². The van der Waals surface area contributed by atoms with E-state index in [1.807, 2.05) is 42.5 Å². The van der Waals surface area contributed by atoms with Crippen molar-refractivity contribution < 1.29 is 4.79 Å². The lowest BCUT2D eigenvalue weighted by atomic mass is 10.1. The average molecular weight is 433 g/mol. The second kappa shape index (κ2) is 9.96. The summed E-state index contributed by atoms with van der Waals surface area (Å²) in [7, 11) is 0. The van der Waals surface area contributed by atoms with E-state index in [2.05, 4.69) is 42.3 Å². The van der Waals surface area contributed by atoms with Crippen LogP contribution in [-0.4, -0.2) is 35.0 Å². The van der Waals surface area contributed by atoms with Crippen LogP contribution >= 0.6 is 11.8 Å². The molecule has 5 nitrogen and oxygen atoms in total. The maximum absolute atomic E-state index is 12.4. The summed E-state index contributed by atoms with van der Waals surface area (Å²) >= 11 is 1.60. The molecule has 0 aliphatic heterocycles. The van der Waals surface area contributed by atoms with Crippen molar-refractivity contribution in [3.63, 3.8) is 0 Å². The predicted octanol–water partition coefficient (Wildman–Crippen LogP) is 5.17. The van der Waals surface area contributed by atoms with E-state index in [0.29, 0.717) is 17.4 Å². The van der Waals surface area contributed by atoms with Gasteiger partial charge in [-0.2, -0.15) is 0 Å². The molecule has 1 aliphatic carbocycles. The van der Waals surface area contributed by atoms with Gasteiger partial charge in [0.25, 0.3) is 5.91 Å². The van der Waals surface area contributed by atoms with Gasteiger partial charge in [0.2, 0.25) is 0 Å². The standard InChI is InChI=1S/C25H28N4OS/c1-3-29(4-2)23-16-22(19-10-6-5-7-11-19)27-25(28-23)31-17-18-9-8-12-20(15-18)24(30)26-21-13-14-21/h5-12,15-16,21H,3-4,13-14,17H2,1-2H3,(H,26,30). The van der Waals surface area contributed by atoms with Crippen molar-refractivity contribution in [2.45, 2.75) is 43.6 Å². The van der Waals surface area contributed by atoms with E-state index in [1.165, 1.54) is 0 Å². The fourth-order valence-electron chi connectivity index (χ4n) is 3.39. The van der Waals surface area contributed by atoms with Crippen molar-refractivity contribution in [1.29, 1.82) is 0 Å². The number of amides is 1. The first-order chi connectivity index (χ1) is 15.2. The number of benzene rings is 2. The Bertz CT molecular complexity index is 1030. The highest BCUT2D eigenvalue weighted by Crippen LogP contribution is 2.28. The second-order valence-corrected chi connectivity index (χ2v) is 8.61. The maximum atomic E-state index is 12.4. The molecule has 1 amide bonds. The third kappa shape index (κ3) is 5.64. The van der Waals surface area contributed by atoms with Crippen molar-refractivity contribution in [3.8, 4) is 11.3 Å². The maximum Gasteiger partial charge on any atom is 0.251 e. The zero-order valence-corrected chi connectivity index (χ0v) is 18.9. The summed E-state index contributed by atoms with van der Waals surface area (Å²) in [4.78, 5) is 24.2. The fraction of sp³-hybridized carbons (Fsp3) is 0.320. The number of carbonyl (C=O) groups is 1.